The van der Waals surface area contributed by atoms with Gasteiger partial charge in [0.2, 0.25) is 11.8 Å². The van der Waals surface area contributed by atoms with Gasteiger partial charge in [-0.2, -0.15) is 0 Å². The standard InChI is InChI=1S/C20H21N3O4/c24-18-13-22(20(26)17-4-1-9-23(17)18)12-14-5-7-15(8-6-14)19(25)21-11-16-3-2-10-27-16/h2-3,5-8,10,17H,1,4,9,11-13H2,(H,21,25). The SMILES string of the molecule is O=C(NCc1ccco1)c1ccc(CN2CC(=O)N3CCCC3C2=O)cc1. The van der Waals surface area contributed by atoms with Gasteiger partial charge in [0.25, 0.3) is 5.91 Å². The average molecular weight is 367 g/mol. The zero-order valence-corrected chi connectivity index (χ0v) is 14.9. The molecule has 1 N–H and O–H groups in total. The Hall–Kier alpha value is -3.09. The summed E-state index contributed by atoms with van der Waals surface area (Å²) in [5.74, 6) is 0.538. The molecule has 4 rings (SSSR count). The minimum absolute atomic E-state index is 0.0195. The van der Waals surface area contributed by atoms with E-state index >= 15 is 0 Å². The third kappa shape index (κ3) is 3.58. The van der Waals surface area contributed by atoms with Crippen molar-refractivity contribution < 1.29 is 18.8 Å². The Morgan fingerprint density at radius 1 is 1.19 bits per heavy atom. The molecule has 0 spiro atoms. The number of amides is 3. The molecule has 2 fully saturated rings. The Bertz CT molecular complexity index is 845. The fraction of sp³-hybridized carbons (Fsp3) is 0.350. The van der Waals surface area contributed by atoms with Crippen LogP contribution in [0.2, 0.25) is 0 Å². The van der Waals surface area contributed by atoms with Crippen molar-refractivity contribution in [2.24, 2.45) is 0 Å². The predicted octanol–water partition coefficient (Wildman–Crippen LogP) is 1.54. The van der Waals surface area contributed by atoms with Crippen molar-refractivity contribution in [3.8, 4) is 0 Å². The highest BCUT2D eigenvalue weighted by atomic mass is 16.3. The molecule has 2 aliphatic rings. The molecular formula is C20H21N3O4. The summed E-state index contributed by atoms with van der Waals surface area (Å²) in [6, 6.07) is 10.4. The van der Waals surface area contributed by atoms with Gasteiger partial charge in [-0.3, -0.25) is 14.4 Å². The molecule has 0 radical (unpaired) electrons. The number of hydrogen-bond donors (Lipinski definition) is 1. The fourth-order valence-electron chi connectivity index (χ4n) is 3.66. The molecule has 3 amide bonds. The second-order valence-corrected chi connectivity index (χ2v) is 6.90. The van der Waals surface area contributed by atoms with Crippen molar-refractivity contribution in [3.05, 3.63) is 59.5 Å². The molecular weight excluding hydrogens is 346 g/mol. The number of hydrogen-bond acceptors (Lipinski definition) is 4. The number of nitrogens with zero attached hydrogens (tertiary/aromatic N) is 2. The van der Waals surface area contributed by atoms with Gasteiger partial charge in [0.15, 0.2) is 0 Å². The van der Waals surface area contributed by atoms with E-state index in [-0.39, 0.29) is 30.3 Å². The van der Waals surface area contributed by atoms with Crippen molar-refractivity contribution in [3.63, 3.8) is 0 Å². The summed E-state index contributed by atoms with van der Waals surface area (Å²) < 4.78 is 5.19. The normalized spacial score (nSPS) is 19.3. The van der Waals surface area contributed by atoms with Crippen molar-refractivity contribution in [1.29, 1.82) is 0 Å². The zero-order chi connectivity index (χ0) is 18.8. The molecule has 2 aromatic rings. The maximum Gasteiger partial charge on any atom is 0.251 e. The van der Waals surface area contributed by atoms with Crippen molar-refractivity contribution in [2.75, 3.05) is 13.1 Å². The number of furan rings is 1. The second kappa shape index (κ2) is 7.26. The van der Waals surface area contributed by atoms with Crippen molar-refractivity contribution in [1.82, 2.24) is 15.1 Å². The minimum atomic E-state index is -0.294. The summed E-state index contributed by atoms with van der Waals surface area (Å²) in [5, 5.41) is 2.79. The highest BCUT2D eigenvalue weighted by Gasteiger charge is 2.41. The average Bonchev–Trinajstić information content (AvgIpc) is 3.36. The van der Waals surface area contributed by atoms with E-state index < -0.39 is 0 Å². The summed E-state index contributed by atoms with van der Waals surface area (Å²) in [6.45, 7) is 1.52. The van der Waals surface area contributed by atoms with E-state index in [9.17, 15) is 14.4 Å². The van der Waals surface area contributed by atoms with E-state index in [1.807, 2.05) is 12.1 Å². The number of carbonyl (C=O) groups is 3. The predicted molar refractivity (Wildman–Crippen MR) is 96.5 cm³/mol. The molecule has 3 heterocycles. The molecule has 2 saturated heterocycles. The lowest BCUT2D eigenvalue weighted by atomic mass is 10.1. The number of nitrogens with one attached hydrogen (secondary N) is 1. The number of rotatable bonds is 5. The number of benzene rings is 1. The lowest BCUT2D eigenvalue weighted by molar-refractivity contribution is -0.154. The molecule has 2 aliphatic heterocycles. The molecule has 0 saturated carbocycles. The number of fused-ring (bicyclic) bond motifs is 1. The van der Waals surface area contributed by atoms with E-state index in [2.05, 4.69) is 5.32 Å². The van der Waals surface area contributed by atoms with E-state index in [4.69, 9.17) is 4.42 Å². The summed E-state index contributed by atoms with van der Waals surface area (Å²) in [5.41, 5.74) is 1.43. The summed E-state index contributed by atoms with van der Waals surface area (Å²) >= 11 is 0. The first-order valence-corrected chi connectivity index (χ1v) is 9.09. The van der Waals surface area contributed by atoms with Crippen LogP contribution in [0.4, 0.5) is 0 Å². The quantitative estimate of drug-likeness (QED) is 0.869. The number of carbonyl (C=O) groups excluding carboxylic acids is 3. The van der Waals surface area contributed by atoms with Gasteiger partial charge in [0.05, 0.1) is 12.8 Å². The molecule has 0 bridgehead atoms. The lowest BCUT2D eigenvalue weighted by Gasteiger charge is -2.36. The third-order valence-corrected chi connectivity index (χ3v) is 5.09. The van der Waals surface area contributed by atoms with Crippen molar-refractivity contribution in [2.45, 2.75) is 32.0 Å². The Morgan fingerprint density at radius 2 is 2.00 bits per heavy atom. The summed E-state index contributed by atoms with van der Waals surface area (Å²) in [4.78, 5) is 40.3. The smallest absolute Gasteiger partial charge is 0.251 e. The van der Waals surface area contributed by atoms with Crippen molar-refractivity contribution >= 4 is 17.7 Å². The van der Waals surface area contributed by atoms with E-state index in [0.29, 0.717) is 31.0 Å². The first kappa shape index (κ1) is 17.3. The van der Waals surface area contributed by atoms with Gasteiger partial charge in [-0.05, 0) is 42.7 Å². The molecule has 0 aliphatic carbocycles. The van der Waals surface area contributed by atoms with Gasteiger partial charge in [-0.1, -0.05) is 12.1 Å². The summed E-state index contributed by atoms with van der Waals surface area (Å²) in [6.07, 6.45) is 3.20. The first-order chi connectivity index (χ1) is 13.1. The number of piperazine rings is 1. The van der Waals surface area contributed by atoms with E-state index in [1.165, 1.54) is 0 Å². The first-order valence-electron chi connectivity index (χ1n) is 9.09. The molecule has 140 valence electrons. The van der Waals surface area contributed by atoms with Crippen LogP contribution in [0.1, 0.15) is 34.5 Å². The molecule has 7 heteroatoms. The van der Waals surface area contributed by atoms with Gasteiger partial charge in [0.1, 0.15) is 18.3 Å². The molecule has 1 aromatic heterocycles. The maximum atomic E-state index is 12.6. The molecule has 27 heavy (non-hydrogen) atoms. The van der Waals surface area contributed by atoms with Crippen LogP contribution in [0.25, 0.3) is 0 Å². The molecule has 1 aromatic carbocycles. The monoisotopic (exact) mass is 367 g/mol. The van der Waals surface area contributed by atoms with Crippen LogP contribution in [-0.4, -0.2) is 46.7 Å². The van der Waals surface area contributed by atoms with Gasteiger partial charge in [-0.25, -0.2) is 0 Å². The fourth-order valence-corrected chi connectivity index (χ4v) is 3.66. The van der Waals surface area contributed by atoms with Crippen LogP contribution in [0.15, 0.2) is 47.1 Å². The van der Waals surface area contributed by atoms with E-state index in [1.54, 1.807) is 40.3 Å². The molecule has 7 nitrogen and oxygen atoms in total. The second-order valence-electron chi connectivity index (χ2n) is 6.90. The summed E-state index contributed by atoms with van der Waals surface area (Å²) in [7, 11) is 0. The zero-order valence-electron chi connectivity index (χ0n) is 14.9. The van der Waals surface area contributed by atoms with Gasteiger partial charge >= 0.3 is 0 Å². The Morgan fingerprint density at radius 3 is 2.74 bits per heavy atom. The molecule has 1 atom stereocenters. The van der Waals surface area contributed by atoms with Gasteiger partial charge < -0.3 is 19.5 Å². The van der Waals surface area contributed by atoms with Crippen LogP contribution in [0.3, 0.4) is 0 Å². The lowest BCUT2D eigenvalue weighted by Crippen LogP contribution is -2.56. The van der Waals surface area contributed by atoms with Crippen LogP contribution in [0.5, 0.6) is 0 Å². The Kier molecular flexibility index (Phi) is 4.66. The van der Waals surface area contributed by atoms with Crippen LogP contribution in [0, 0.1) is 0 Å². The highest BCUT2D eigenvalue weighted by molar-refractivity contribution is 5.95. The van der Waals surface area contributed by atoms with Gasteiger partial charge in [0, 0.05) is 18.7 Å². The van der Waals surface area contributed by atoms with Crippen LogP contribution >= 0.6 is 0 Å². The Labute approximate surface area is 156 Å². The maximum absolute atomic E-state index is 12.6. The third-order valence-electron chi connectivity index (χ3n) is 5.09. The Balaban J connectivity index is 1.37. The topological polar surface area (TPSA) is 82.9 Å². The van der Waals surface area contributed by atoms with Crippen LogP contribution in [-0.2, 0) is 22.7 Å². The minimum Gasteiger partial charge on any atom is -0.467 e. The highest BCUT2D eigenvalue weighted by Crippen LogP contribution is 2.24. The largest absolute Gasteiger partial charge is 0.467 e. The van der Waals surface area contributed by atoms with Gasteiger partial charge in [-0.15, -0.1) is 0 Å². The van der Waals surface area contributed by atoms with E-state index in [0.717, 1.165) is 18.4 Å². The van der Waals surface area contributed by atoms with Crippen LogP contribution < -0.4 is 5.32 Å². The molecule has 1 unspecified atom stereocenters.